The number of fused-ring (bicyclic) bond motifs is 1. The van der Waals surface area contributed by atoms with Crippen molar-refractivity contribution in [1.82, 2.24) is 9.88 Å². The maximum atomic E-state index is 12.3. The summed E-state index contributed by atoms with van der Waals surface area (Å²) in [4.78, 5) is 17.5. The van der Waals surface area contributed by atoms with E-state index >= 15 is 0 Å². The van der Waals surface area contributed by atoms with E-state index in [1.807, 2.05) is 11.1 Å². The van der Waals surface area contributed by atoms with Crippen molar-refractivity contribution in [2.45, 2.75) is 32.1 Å². The van der Waals surface area contributed by atoms with E-state index in [0.717, 1.165) is 37.0 Å². The summed E-state index contributed by atoms with van der Waals surface area (Å²) in [6.45, 7) is 1.87. The van der Waals surface area contributed by atoms with Gasteiger partial charge in [-0.15, -0.1) is 0 Å². The first-order chi connectivity index (χ1) is 9.33. The average Bonchev–Trinajstić information content (AvgIpc) is 2.71. The molecule has 1 aromatic heterocycles. The second kappa shape index (κ2) is 5.47. The standard InChI is InChI=1S/C16H20N2O/c19-16(18-9-3-1-2-4-10-18)12-13-5-6-15-14(11-13)7-8-17-15/h5-8,11,17H,1-4,9-10,12H2. The van der Waals surface area contributed by atoms with Gasteiger partial charge >= 0.3 is 0 Å². The van der Waals surface area contributed by atoms with Crippen LogP contribution in [0.3, 0.4) is 0 Å². The number of carbonyl (C=O) groups excluding carboxylic acids is 1. The van der Waals surface area contributed by atoms with Gasteiger partial charge < -0.3 is 9.88 Å². The molecule has 0 saturated carbocycles. The van der Waals surface area contributed by atoms with Gasteiger partial charge in [-0.3, -0.25) is 4.79 Å². The molecule has 1 saturated heterocycles. The van der Waals surface area contributed by atoms with E-state index < -0.39 is 0 Å². The van der Waals surface area contributed by atoms with E-state index in [9.17, 15) is 4.79 Å². The molecule has 1 aliphatic rings. The number of aromatic amines is 1. The van der Waals surface area contributed by atoms with Crippen molar-refractivity contribution in [3.63, 3.8) is 0 Å². The smallest absolute Gasteiger partial charge is 0.226 e. The van der Waals surface area contributed by atoms with Gasteiger partial charge in [0, 0.05) is 24.8 Å². The Morgan fingerprint density at radius 2 is 1.89 bits per heavy atom. The van der Waals surface area contributed by atoms with Crippen molar-refractivity contribution in [3.8, 4) is 0 Å². The highest BCUT2D eigenvalue weighted by Crippen LogP contribution is 2.16. The minimum Gasteiger partial charge on any atom is -0.361 e. The first kappa shape index (κ1) is 12.3. The van der Waals surface area contributed by atoms with Gasteiger partial charge in [-0.05, 0) is 42.0 Å². The van der Waals surface area contributed by atoms with E-state index in [2.05, 4.69) is 29.2 Å². The largest absolute Gasteiger partial charge is 0.361 e. The maximum absolute atomic E-state index is 12.3. The normalized spacial score (nSPS) is 16.5. The van der Waals surface area contributed by atoms with Crippen molar-refractivity contribution >= 4 is 16.8 Å². The molecule has 2 aromatic rings. The molecule has 0 unspecified atom stereocenters. The Hall–Kier alpha value is -1.77. The number of nitrogens with one attached hydrogen (secondary N) is 1. The highest BCUT2D eigenvalue weighted by Gasteiger charge is 2.15. The van der Waals surface area contributed by atoms with Crippen molar-refractivity contribution in [1.29, 1.82) is 0 Å². The number of likely N-dealkylation sites (tertiary alicyclic amines) is 1. The molecular formula is C16H20N2O. The SMILES string of the molecule is O=C(Cc1ccc2[nH]ccc2c1)N1CCCCCC1. The summed E-state index contributed by atoms with van der Waals surface area (Å²) in [5, 5.41) is 1.18. The Morgan fingerprint density at radius 3 is 2.68 bits per heavy atom. The molecule has 1 aliphatic heterocycles. The quantitative estimate of drug-likeness (QED) is 0.880. The molecular weight excluding hydrogens is 236 g/mol. The summed E-state index contributed by atoms with van der Waals surface area (Å²) in [5.74, 6) is 0.275. The zero-order valence-corrected chi connectivity index (χ0v) is 11.2. The molecule has 0 atom stereocenters. The van der Waals surface area contributed by atoms with Crippen molar-refractivity contribution < 1.29 is 4.79 Å². The van der Waals surface area contributed by atoms with Crippen molar-refractivity contribution in [3.05, 3.63) is 36.0 Å². The molecule has 1 fully saturated rings. The van der Waals surface area contributed by atoms with E-state index in [1.165, 1.54) is 18.2 Å². The van der Waals surface area contributed by atoms with Crippen molar-refractivity contribution in [2.24, 2.45) is 0 Å². The van der Waals surface area contributed by atoms with Crippen LogP contribution in [0.1, 0.15) is 31.2 Å². The number of hydrogen-bond acceptors (Lipinski definition) is 1. The van der Waals surface area contributed by atoms with Crippen LogP contribution in [-0.4, -0.2) is 28.9 Å². The Labute approximate surface area is 113 Å². The summed E-state index contributed by atoms with van der Waals surface area (Å²) < 4.78 is 0. The van der Waals surface area contributed by atoms with Crippen LogP contribution >= 0.6 is 0 Å². The molecule has 3 rings (SSSR count). The van der Waals surface area contributed by atoms with E-state index in [4.69, 9.17) is 0 Å². The monoisotopic (exact) mass is 256 g/mol. The number of H-pyrrole nitrogens is 1. The first-order valence-electron chi connectivity index (χ1n) is 7.17. The van der Waals surface area contributed by atoms with Gasteiger partial charge in [-0.25, -0.2) is 0 Å². The number of rotatable bonds is 2. The van der Waals surface area contributed by atoms with Crippen LogP contribution in [-0.2, 0) is 11.2 Å². The fourth-order valence-electron chi connectivity index (χ4n) is 2.82. The third-order valence-electron chi connectivity index (χ3n) is 3.93. The van der Waals surface area contributed by atoms with Crippen LogP contribution in [0.2, 0.25) is 0 Å². The lowest BCUT2D eigenvalue weighted by molar-refractivity contribution is -0.130. The van der Waals surface area contributed by atoms with Gasteiger partial charge in [0.2, 0.25) is 5.91 Å². The number of carbonyl (C=O) groups is 1. The maximum Gasteiger partial charge on any atom is 0.226 e. The van der Waals surface area contributed by atoms with Gasteiger partial charge in [0.25, 0.3) is 0 Å². The van der Waals surface area contributed by atoms with Gasteiger partial charge in [-0.2, -0.15) is 0 Å². The molecule has 0 bridgehead atoms. The third-order valence-corrected chi connectivity index (χ3v) is 3.93. The van der Waals surface area contributed by atoms with Crippen LogP contribution in [0, 0.1) is 0 Å². The highest BCUT2D eigenvalue weighted by molar-refractivity contribution is 5.83. The van der Waals surface area contributed by atoms with Crippen LogP contribution in [0.4, 0.5) is 0 Å². The summed E-state index contributed by atoms with van der Waals surface area (Å²) in [5.41, 5.74) is 2.24. The predicted molar refractivity (Wildman–Crippen MR) is 77.1 cm³/mol. The predicted octanol–water partition coefficient (Wildman–Crippen LogP) is 3.11. The summed E-state index contributed by atoms with van der Waals surface area (Å²) in [6.07, 6.45) is 7.30. The highest BCUT2D eigenvalue weighted by atomic mass is 16.2. The van der Waals surface area contributed by atoms with Gasteiger partial charge in [0.15, 0.2) is 0 Å². The first-order valence-corrected chi connectivity index (χ1v) is 7.17. The summed E-state index contributed by atoms with van der Waals surface area (Å²) in [7, 11) is 0. The molecule has 1 amide bonds. The second-order valence-corrected chi connectivity index (χ2v) is 5.37. The number of amides is 1. The minimum absolute atomic E-state index is 0.275. The molecule has 1 aromatic carbocycles. The Kier molecular flexibility index (Phi) is 3.53. The van der Waals surface area contributed by atoms with E-state index in [-0.39, 0.29) is 5.91 Å². The Balaban J connectivity index is 1.70. The second-order valence-electron chi connectivity index (χ2n) is 5.37. The zero-order chi connectivity index (χ0) is 13.1. The molecule has 19 heavy (non-hydrogen) atoms. The van der Waals surface area contributed by atoms with Crippen LogP contribution in [0.5, 0.6) is 0 Å². The lowest BCUT2D eigenvalue weighted by Crippen LogP contribution is -2.33. The van der Waals surface area contributed by atoms with Gasteiger partial charge in [0.1, 0.15) is 0 Å². The number of nitrogens with zero attached hydrogens (tertiary/aromatic N) is 1. The molecule has 0 spiro atoms. The molecule has 1 N–H and O–H groups in total. The van der Waals surface area contributed by atoms with Crippen LogP contribution in [0.25, 0.3) is 10.9 Å². The minimum atomic E-state index is 0.275. The molecule has 100 valence electrons. The number of hydrogen-bond donors (Lipinski definition) is 1. The van der Waals surface area contributed by atoms with E-state index in [1.54, 1.807) is 0 Å². The average molecular weight is 256 g/mol. The summed E-state index contributed by atoms with van der Waals surface area (Å²) >= 11 is 0. The fraction of sp³-hybridized carbons (Fsp3) is 0.438. The number of aromatic nitrogens is 1. The Morgan fingerprint density at radius 1 is 1.11 bits per heavy atom. The fourth-order valence-corrected chi connectivity index (χ4v) is 2.82. The molecule has 0 aliphatic carbocycles. The lowest BCUT2D eigenvalue weighted by atomic mass is 10.1. The topological polar surface area (TPSA) is 36.1 Å². The zero-order valence-electron chi connectivity index (χ0n) is 11.2. The lowest BCUT2D eigenvalue weighted by Gasteiger charge is -2.20. The summed E-state index contributed by atoms with van der Waals surface area (Å²) in [6, 6.07) is 8.27. The molecule has 3 nitrogen and oxygen atoms in total. The number of benzene rings is 1. The molecule has 3 heteroatoms. The molecule has 0 radical (unpaired) electrons. The van der Waals surface area contributed by atoms with Crippen molar-refractivity contribution in [2.75, 3.05) is 13.1 Å². The van der Waals surface area contributed by atoms with E-state index in [0.29, 0.717) is 6.42 Å². The van der Waals surface area contributed by atoms with Gasteiger partial charge in [-0.1, -0.05) is 18.9 Å². The molecule has 2 heterocycles. The van der Waals surface area contributed by atoms with Gasteiger partial charge in [0.05, 0.1) is 6.42 Å². The van der Waals surface area contributed by atoms with Crippen LogP contribution in [0.15, 0.2) is 30.5 Å². The Bertz CT molecular complexity index is 565. The third kappa shape index (κ3) is 2.80. The van der Waals surface area contributed by atoms with Crippen LogP contribution < -0.4 is 0 Å².